The van der Waals surface area contributed by atoms with E-state index in [0.717, 1.165) is 44.8 Å². The predicted octanol–water partition coefficient (Wildman–Crippen LogP) is 0.576. The van der Waals surface area contributed by atoms with Gasteiger partial charge in [0.1, 0.15) is 0 Å². The van der Waals surface area contributed by atoms with Crippen LogP contribution < -0.4 is 5.73 Å². The zero-order valence-electron chi connectivity index (χ0n) is 12.9. The first-order valence-electron chi connectivity index (χ1n) is 7.70. The van der Waals surface area contributed by atoms with Gasteiger partial charge in [-0.15, -0.1) is 0 Å². The average molecular weight is 295 g/mol. The standard InChI is InChI=1S/C14H25N5O2/c1-3-12-16-14(21-17-12)11(2)18-7-9-19(10-8-18)13(20)5-4-6-15/h11H,3-10,15H2,1-2H3. The van der Waals surface area contributed by atoms with Crippen molar-refractivity contribution in [3.8, 4) is 0 Å². The smallest absolute Gasteiger partial charge is 0.243 e. The van der Waals surface area contributed by atoms with E-state index < -0.39 is 0 Å². The second kappa shape index (κ2) is 7.51. The molecule has 7 heteroatoms. The number of amides is 1. The summed E-state index contributed by atoms with van der Waals surface area (Å²) in [6.07, 6.45) is 2.09. The topological polar surface area (TPSA) is 88.5 Å². The number of nitrogens with two attached hydrogens (primary N) is 1. The van der Waals surface area contributed by atoms with Crippen LogP contribution in [0.15, 0.2) is 4.52 Å². The van der Waals surface area contributed by atoms with E-state index in [1.807, 2.05) is 11.8 Å². The van der Waals surface area contributed by atoms with Gasteiger partial charge in [0.25, 0.3) is 0 Å². The lowest BCUT2D eigenvalue weighted by molar-refractivity contribution is -0.133. The molecule has 0 saturated carbocycles. The van der Waals surface area contributed by atoms with Gasteiger partial charge in [0.2, 0.25) is 11.8 Å². The highest BCUT2D eigenvalue weighted by atomic mass is 16.5. The van der Waals surface area contributed by atoms with Crippen molar-refractivity contribution in [1.29, 1.82) is 0 Å². The summed E-state index contributed by atoms with van der Waals surface area (Å²) in [7, 11) is 0. The van der Waals surface area contributed by atoms with E-state index in [9.17, 15) is 4.79 Å². The third-order valence-corrected chi connectivity index (χ3v) is 3.97. The number of aryl methyl sites for hydroxylation is 1. The Hall–Kier alpha value is -1.47. The number of rotatable bonds is 6. The molecule has 1 aromatic heterocycles. The number of carbonyl (C=O) groups is 1. The lowest BCUT2D eigenvalue weighted by Crippen LogP contribution is -2.49. The molecule has 0 bridgehead atoms. The summed E-state index contributed by atoms with van der Waals surface area (Å²) in [4.78, 5) is 20.5. The number of hydrogen-bond acceptors (Lipinski definition) is 6. The van der Waals surface area contributed by atoms with E-state index in [1.54, 1.807) is 0 Å². The number of aromatic nitrogens is 2. The molecule has 0 spiro atoms. The van der Waals surface area contributed by atoms with E-state index in [2.05, 4.69) is 22.0 Å². The van der Waals surface area contributed by atoms with Crippen molar-refractivity contribution < 1.29 is 9.32 Å². The fourth-order valence-corrected chi connectivity index (χ4v) is 2.51. The minimum Gasteiger partial charge on any atom is -0.340 e. The van der Waals surface area contributed by atoms with Crippen LogP contribution in [0, 0.1) is 0 Å². The molecule has 1 aliphatic rings. The Labute approximate surface area is 125 Å². The predicted molar refractivity (Wildman–Crippen MR) is 78.5 cm³/mol. The Kier molecular flexibility index (Phi) is 5.69. The molecule has 1 aromatic rings. The fourth-order valence-electron chi connectivity index (χ4n) is 2.51. The van der Waals surface area contributed by atoms with Crippen molar-refractivity contribution in [2.75, 3.05) is 32.7 Å². The first-order chi connectivity index (χ1) is 10.2. The van der Waals surface area contributed by atoms with E-state index in [0.29, 0.717) is 18.9 Å². The van der Waals surface area contributed by atoms with Crippen molar-refractivity contribution in [3.05, 3.63) is 11.7 Å². The molecule has 2 rings (SSSR count). The molecule has 0 radical (unpaired) electrons. The van der Waals surface area contributed by atoms with Gasteiger partial charge in [0.15, 0.2) is 5.82 Å². The first kappa shape index (κ1) is 15.9. The number of hydrogen-bond donors (Lipinski definition) is 1. The maximum Gasteiger partial charge on any atom is 0.243 e. The van der Waals surface area contributed by atoms with Gasteiger partial charge in [0, 0.05) is 39.0 Å². The molecule has 1 atom stereocenters. The summed E-state index contributed by atoms with van der Waals surface area (Å²) in [5.41, 5.74) is 5.44. The second-order valence-electron chi connectivity index (χ2n) is 5.39. The monoisotopic (exact) mass is 295 g/mol. The van der Waals surface area contributed by atoms with Crippen LogP contribution in [0.4, 0.5) is 0 Å². The van der Waals surface area contributed by atoms with Crippen molar-refractivity contribution >= 4 is 5.91 Å². The maximum atomic E-state index is 12.0. The molecule has 0 aromatic carbocycles. The molecule has 0 aliphatic carbocycles. The van der Waals surface area contributed by atoms with Crippen molar-refractivity contribution in [2.45, 2.75) is 39.2 Å². The van der Waals surface area contributed by atoms with Gasteiger partial charge >= 0.3 is 0 Å². The average Bonchev–Trinajstić information content (AvgIpc) is 3.01. The number of piperazine rings is 1. The van der Waals surface area contributed by atoms with Crippen molar-refractivity contribution in [1.82, 2.24) is 19.9 Å². The molecule has 118 valence electrons. The van der Waals surface area contributed by atoms with Crippen LogP contribution in [0.1, 0.15) is 44.4 Å². The largest absolute Gasteiger partial charge is 0.340 e. The number of nitrogens with zero attached hydrogens (tertiary/aromatic N) is 4. The maximum absolute atomic E-state index is 12.0. The quantitative estimate of drug-likeness (QED) is 0.825. The second-order valence-corrected chi connectivity index (χ2v) is 5.39. The molecule has 1 unspecified atom stereocenters. The molecule has 2 heterocycles. The van der Waals surface area contributed by atoms with Gasteiger partial charge in [-0.2, -0.15) is 4.98 Å². The van der Waals surface area contributed by atoms with E-state index >= 15 is 0 Å². The Morgan fingerprint density at radius 3 is 2.67 bits per heavy atom. The van der Waals surface area contributed by atoms with E-state index in [-0.39, 0.29) is 11.9 Å². The van der Waals surface area contributed by atoms with Gasteiger partial charge < -0.3 is 15.2 Å². The highest BCUT2D eigenvalue weighted by molar-refractivity contribution is 5.76. The molecule has 2 N–H and O–H groups in total. The minimum atomic E-state index is 0.0964. The third kappa shape index (κ3) is 4.01. The molecule has 1 saturated heterocycles. The summed E-state index contributed by atoms with van der Waals surface area (Å²) in [5.74, 6) is 1.61. The van der Waals surface area contributed by atoms with Crippen molar-refractivity contribution in [2.24, 2.45) is 5.73 Å². The summed E-state index contributed by atoms with van der Waals surface area (Å²) in [6.45, 7) is 7.81. The van der Waals surface area contributed by atoms with Crippen LogP contribution in [-0.4, -0.2) is 58.6 Å². The van der Waals surface area contributed by atoms with Gasteiger partial charge in [0.05, 0.1) is 6.04 Å². The SMILES string of the molecule is CCc1noc(C(C)N2CCN(C(=O)CCCN)CC2)n1. The summed E-state index contributed by atoms with van der Waals surface area (Å²) < 4.78 is 5.30. The van der Waals surface area contributed by atoms with Crippen molar-refractivity contribution in [3.63, 3.8) is 0 Å². The normalized spacial score (nSPS) is 18.0. The highest BCUT2D eigenvalue weighted by Gasteiger charge is 2.27. The fraction of sp³-hybridized carbons (Fsp3) is 0.786. The van der Waals surface area contributed by atoms with Crippen LogP contribution in [0.3, 0.4) is 0 Å². The Bertz CT molecular complexity index is 454. The Morgan fingerprint density at radius 1 is 1.38 bits per heavy atom. The summed E-state index contributed by atoms with van der Waals surface area (Å²) in [6, 6.07) is 0.0964. The van der Waals surface area contributed by atoms with Crippen LogP contribution in [0.2, 0.25) is 0 Å². The first-order valence-corrected chi connectivity index (χ1v) is 7.70. The van der Waals surface area contributed by atoms with E-state index in [4.69, 9.17) is 10.3 Å². The van der Waals surface area contributed by atoms with Crippen LogP contribution in [0.25, 0.3) is 0 Å². The molecular formula is C14H25N5O2. The van der Waals surface area contributed by atoms with Crippen LogP contribution in [0.5, 0.6) is 0 Å². The summed E-state index contributed by atoms with van der Waals surface area (Å²) >= 11 is 0. The zero-order chi connectivity index (χ0) is 15.2. The highest BCUT2D eigenvalue weighted by Crippen LogP contribution is 2.20. The molecule has 1 aliphatic heterocycles. The Morgan fingerprint density at radius 2 is 2.10 bits per heavy atom. The Balaban J connectivity index is 1.84. The molecule has 7 nitrogen and oxygen atoms in total. The molecule has 1 amide bonds. The van der Waals surface area contributed by atoms with Crippen LogP contribution in [-0.2, 0) is 11.2 Å². The lowest BCUT2D eigenvalue weighted by atomic mass is 10.2. The summed E-state index contributed by atoms with van der Waals surface area (Å²) in [5, 5.41) is 3.94. The molecule has 1 fully saturated rings. The lowest BCUT2D eigenvalue weighted by Gasteiger charge is -2.36. The zero-order valence-corrected chi connectivity index (χ0v) is 12.9. The molecular weight excluding hydrogens is 270 g/mol. The van der Waals surface area contributed by atoms with Crippen LogP contribution >= 0.6 is 0 Å². The van der Waals surface area contributed by atoms with Gasteiger partial charge in [-0.25, -0.2) is 0 Å². The van der Waals surface area contributed by atoms with E-state index in [1.165, 1.54) is 0 Å². The minimum absolute atomic E-state index is 0.0964. The van der Waals surface area contributed by atoms with Gasteiger partial charge in [-0.3, -0.25) is 9.69 Å². The molecule has 21 heavy (non-hydrogen) atoms. The number of carbonyl (C=O) groups excluding carboxylic acids is 1. The van der Waals surface area contributed by atoms with Gasteiger partial charge in [-0.1, -0.05) is 12.1 Å². The third-order valence-electron chi connectivity index (χ3n) is 3.97. The van der Waals surface area contributed by atoms with Gasteiger partial charge in [-0.05, 0) is 19.9 Å².